The lowest BCUT2D eigenvalue weighted by molar-refractivity contribution is 0.0827. The van der Waals surface area contributed by atoms with Gasteiger partial charge in [0.05, 0.1) is 0 Å². The number of nitrogens with zero attached hydrogens (tertiary/aromatic N) is 2. The number of carbonyl (C=O) groups excluding carboxylic acids is 2. The van der Waals surface area contributed by atoms with Gasteiger partial charge in [0.2, 0.25) is 10.0 Å². The van der Waals surface area contributed by atoms with Crippen molar-refractivity contribution in [2.75, 3.05) is 26.5 Å². The van der Waals surface area contributed by atoms with Crippen LogP contribution in [0.15, 0.2) is 41.4 Å². The molecule has 0 aliphatic carbocycles. The molecule has 2 aromatic rings. The number of anilines is 1. The predicted octanol–water partition coefficient (Wildman–Crippen LogP) is 0.887. The molecule has 2 N–H and O–H groups in total. The molecule has 0 fully saturated rings. The molecular formula is C16H20N4O4S. The Morgan fingerprint density at radius 2 is 1.84 bits per heavy atom. The van der Waals surface area contributed by atoms with Gasteiger partial charge in [-0.3, -0.25) is 9.59 Å². The fourth-order valence-electron chi connectivity index (χ4n) is 2.21. The lowest BCUT2D eigenvalue weighted by atomic mass is 10.2. The molecule has 134 valence electrons. The highest BCUT2D eigenvalue weighted by Crippen LogP contribution is 2.17. The van der Waals surface area contributed by atoms with E-state index in [4.69, 9.17) is 0 Å². The van der Waals surface area contributed by atoms with Gasteiger partial charge in [-0.05, 0) is 31.3 Å². The molecule has 1 aromatic heterocycles. The Bertz CT molecular complexity index is 916. The minimum Gasteiger partial charge on any atom is -0.345 e. The number of hydrogen-bond acceptors (Lipinski definition) is 4. The molecule has 0 bridgehead atoms. The smallest absolute Gasteiger partial charge is 0.272 e. The molecule has 9 heteroatoms. The number of aryl methyl sites for hydroxylation is 1. The van der Waals surface area contributed by atoms with E-state index in [0.29, 0.717) is 11.3 Å². The second-order valence-electron chi connectivity index (χ2n) is 5.61. The van der Waals surface area contributed by atoms with Gasteiger partial charge in [0.25, 0.3) is 11.8 Å². The SMILES string of the molecule is CNS(=O)(=O)c1cc(C(=O)Nc2cccc(C(=O)N(C)C)c2)n(C)c1. The monoisotopic (exact) mass is 364 g/mol. The number of benzene rings is 1. The van der Waals surface area contributed by atoms with Crippen molar-refractivity contribution in [1.29, 1.82) is 0 Å². The molecule has 1 heterocycles. The Labute approximate surface area is 146 Å². The van der Waals surface area contributed by atoms with E-state index >= 15 is 0 Å². The van der Waals surface area contributed by atoms with Crippen LogP contribution in [0.4, 0.5) is 5.69 Å². The zero-order valence-electron chi connectivity index (χ0n) is 14.4. The summed E-state index contributed by atoms with van der Waals surface area (Å²) < 4.78 is 27.3. The molecule has 1 aromatic carbocycles. The third kappa shape index (κ3) is 4.06. The van der Waals surface area contributed by atoms with Crippen molar-refractivity contribution < 1.29 is 18.0 Å². The van der Waals surface area contributed by atoms with E-state index in [2.05, 4.69) is 10.0 Å². The maximum atomic E-state index is 12.4. The van der Waals surface area contributed by atoms with Gasteiger partial charge in [-0.25, -0.2) is 13.1 Å². The Kier molecular flexibility index (Phi) is 5.29. The fraction of sp³-hybridized carbons (Fsp3) is 0.250. The number of aromatic nitrogens is 1. The fourth-order valence-corrected chi connectivity index (χ4v) is 3.01. The highest BCUT2D eigenvalue weighted by Gasteiger charge is 2.19. The molecular weight excluding hydrogens is 344 g/mol. The number of carbonyl (C=O) groups is 2. The highest BCUT2D eigenvalue weighted by atomic mass is 32.2. The molecule has 0 atom stereocenters. The van der Waals surface area contributed by atoms with Crippen molar-refractivity contribution in [3.63, 3.8) is 0 Å². The van der Waals surface area contributed by atoms with E-state index in [1.54, 1.807) is 45.4 Å². The maximum Gasteiger partial charge on any atom is 0.272 e. The third-order valence-electron chi connectivity index (χ3n) is 3.57. The minimum atomic E-state index is -3.63. The summed E-state index contributed by atoms with van der Waals surface area (Å²) in [5.41, 5.74) is 1.06. The zero-order valence-corrected chi connectivity index (χ0v) is 15.2. The topological polar surface area (TPSA) is 101 Å². The zero-order chi connectivity index (χ0) is 18.8. The number of rotatable bonds is 5. The van der Waals surface area contributed by atoms with Crippen LogP contribution in [0.2, 0.25) is 0 Å². The summed E-state index contributed by atoms with van der Waals surface area (Å²) in [6, 6.07) is 7.81. The first-order valence-corrected chi connectivity index (χ1v) is 8.87. The molecule has 0 saturated carbocycles. The first-order valence-electron chi connectivity index (χ1n) is 7.38. The van der Waals surface area contributed by atoms with E-state index < -0.39 is 15.9 Å². The standard InChI is InChI=1S/C16H20N4O4S/c1-17-25(23,24)13-9-14(20(4)10-13)15(21)18-12-7-5-6-11(8-12)16(22)19(2)3/h5-10,17H,1-4H3,(H,18,21). The van der Waals surface area contributed by atoms with Gasteiger partial charge in [-0.15, -0.1) is 0 Å². The van der Waals surface area contributed by atoms with Crippen LogP contribution in [0, 0.1) is 0 Å². The third-order valence-corrected chi connectivity index (χ3v) is 4.95. The van der Waals surface area contributed by atoms with E-state index in [-0.39, 0.29) is 16.5 Å². The minimum absolute atomic E-state index is 0.000753. The Hall–Kier alpha value is -2.65. The second-order valence-corrected chi connectivity index (χ2v) is 7.50. The van der Waals surface area contributed by atoms with Crippen molar-refractivity contribution in [2.45, 2.75) is 4.90 Å². The van der Waals surface area contributed by atoms with Gasteiger partial charge < -0.3 is 14.8 Å². The highest BCUT2D eigenvalue weighted by molar-refractivity contribution is 7.89. The maximum absolute atomic E-state index is 12.4. The van der Waals surface area contributed by atoms with Gasteiger partial charge in [0.15, 0.2) is 0 Å². The van der Waals surface area contributed by atoms with Crippen LogP contribution < -0.4 is 10.0 Å². The molecule has 2 rings (SSSR count). The second kappa shape index (κ2) is 7.08. The summed E-state index contributed by atoms with van der Waals surface area (Å²) in [5, 5.41) is 2.67. The van der Waals surface area contributed by atoms with E-state index in [9.17, 15) is 18.0 Å². The van der Waals surface area contributed by atoms with Crippen LogP contribution in [-0.4, -0.2) is 50.8 Å². The van der Waals surface area contributed by atoms with Crippen LogP contribution in [0.1, 0.15) is 20.8 Å². The summed E-state index contributed by atoms with van der Waals surface area (Å²) >= 11 is 0. The van der Waals surface area contributed by atoms with Crippen LogP contribution in [0.3, 0.4) is 0 Å². The summed E-state index contributed by atoms with van der Waals surface area (Å²) in [6.45, 7) is 0. The molecule has 0 radical (unpaired) electrons. The molecule has 0 aliphatic rings. The van der Waals surface area contributed by atoms with Crippen molar-refractivity contribution >= 4 is 27.5 Å². The van der Waals surface area contributed by atoms with Gasteiger partial charge in [0.1, 0.15) is 10.6 Å². The van der Waals surface area contributed by atoms with Gasteiger partial charge in [-0.1, -0.05) is 6.07 Å². The number of nitrogens with one attached hydrogen (secondary N) is 2. The average Bonchev–Trinajstić information content (AvgIpc) is 2.97. The van der Waals surface area contributed by atoms with Gasteiger partial charge in [-0.2, -0.15) is 0 Å². The van der Waals surface area contributed by atoms with E-state index in [1.165, 1.54) is 28.8 Å². The van der Waals surface area contributed by atoms with E-state index in [0.717, 1.165) is 0 Å². The Morgan fingerprint density at radius 1 is 1.16 bits per heavy atom. The van der Waals surface area contributed by atoms with Crippen molar-refractivity contribution in [1.82, 2.24) is 14.2 Å². The molecule has 25 heavy (non-hydrogen) atoms. The first kappa shape index (κ1) is 18.7. The average molecular weight is 364 g/mol. The summed E-state index contributed by atoms with van der Waals surface area (Å²) in [5.74, 6) is -0.660. The predicted molar refractivity (Wildman–Crippen MR) is 94.1 cm³/mol. The summed E-state index contributed by atoms with van der Waals surface area (Å²) in [6.07, 6.45) is 1.35. The molecule has 0 spiro atoms. The lowest BCUT2D eigenvalue weighted by Gasteiger charge is -2.11. The Morgan fingerprint density at radius 3 is 2.44 bits per heavy atom. The van der Waals surface area contributed by atoms with Gasteiger partial charge >= 0.3 is 0 Å². The van der Waals surface area contributed by atoms with E-state index in [1.807, 2.05) is 0 Å². The molecule has 8 nitrogen and oxygen atoms in total. The molecule has 0 aliphatic heterocycles. The summed E-state index contributed by atoms with van der Waals surface area (Å²) in [4.78, 5) is 25.9. The lowest BCUT2D eigenvalue weighted by Crippen LogP contribution is -2.22. The Balaban J connectivity index is 2.26. The number of amides is 2. The molecule has 2 amide bonds. The molecule has 0 saturated heterocycles. The van der Waals surface area contributed by atoms with Crippen molar-refractivity contribution in [3.05, 3.63) is 47.8 Å². The van der Waals surface area contributed by atoms with Gasteiger partial charge in [0, 0.05) is 38.6 Å². The normalized spacial score (nSPS) is 11.2. The number of hydrogen-bond donors (Lipinski definition) is 2. The quantitative estimate of drug-likeness (QED) is 0.823. The van der Waals surface area contributed by atoms with Crippen molar-refractivity contribution in [2.24, 2.45) is 7.05 Å². The van der Waals surface area contributed by atoms with Crippen LogP contribution in [0.25, 0.3) is 0 Å². The van der Waals surface area contributed by atoms with Crippen molar-refractivity contribution in [3.8, 4) is 0 Å². The van der Waals surface area contributed by atoms with Crippen LogP contribution in [-0.2, 0) is 17.1 Å². The molecule has 0 unspecified atom stereocenters. The van der Waals surface area contributed by atoms with Crippen LogP contribution in [0.5, 0.6) is 0 Å². The number of sulfonamides is 1. The largest absolute Gasteiger partial charge is 0.345 e. The van der Waals surface area contributed by atoms with Crippen LogP contribution >= 0.6 is 0 Å². The first-order chi connectivity index (χ1) is 11.7. The summed E-state index contributed by atoms with van der Waals surface area (Å²) in [7, 11) is 2.53.